The van der Waals surface area contributed by atoms with Gasteiger partial charge in [-0.15, -0.1) is 0 Å². The Morgan fingerprint density at radius 1 is 1.10 bits per heavy atom. The van der Waals surface area contributed by atoms with Crippen LogP contribution in [0.3, 0.4) is 0 Å². The molecule has 1 aromatic heterocycles. The minimum absolute atomic E-state index is 0.0368. The lowest BCUT2D eigenvalue weighted by molar-refractivity contribution is 0.102. The highest BCUT2D eigenvalue weighted by Crippen LogP contribution is 2.19. The van der Waals surface area contributed by atoms with E-state index in [9.17, 15) is 13.2 Å². The van der Waals surface area contributed by atoms with Crippen LogP contribution >= 0.6 is 0 Å². The van der Waals surface area contributed by atoms with Gasteiger partial charge >= 0.3 is 0 Å². The predicted octanol–water partition coefficient (Wildman–Crippen LogP) is 4.22. The van der Waals surface area contributed by atoms with Gasteiger partial charge in [-0.25, -0.2) is 8.42 Å². The van der Waals surface area contributed by atoms with Crippen LogP contribution in [0.5, 0.6) is 5.75 Å². The Morgan fingerprint density at radius 3 is 2.40 bits per heavy atom. The third kappa shape index (κ3) is 5.60. The fourth-order valence-electron chi connectivity index (χ4n) is 2.57. The highest BCUT2D eigenvalue weighted by atomic mass is 32.2. The number of hydrogen-bond donors (Lipinski definition) is 2. The largest absolute Gasteiger partial charge is 0.494 e. The van der Waals surface area contributed by atoms with E-state index in [1.807, 2.05) is 0 Å². The number of aromatic nitrogens is 1. The Balaban J connectivity index is 1.61. The van der Waals surface area contributed by atoms with Gasteiger partial charge in [-0.2, -0.15) is 0 Å². The number of hydrogen-bond acceptors (Lipinski definition) is 6. The predicted molar refractivity (Wildman–Crippen MR) is 113 cm³/mol. The molecule has 0 aliphatic rings. The van der Waals surface area contributed by atoms with Crippen LogP contribution < -0.4 is 14.8 Å². The molecule has 0 radical (unpaired) electrons. The average molecular weight is 429 g/mol. The zero-order chi connectivity index (χ0) is 21.6. The molecule has 0 atom stereocenters. The molecule has 0 bridgehead atoms. The summed E-state index contributed by atoms with van der Waals surface area (Å²) < 4.78 is 37.6. The highest BCUT2D eigenvalue weighted by molar-refractivity contribution is 7.92. The number of nitrogens with one attached hydrogen (secondary N) is 2. The quantitative estimate of drug-likeness (QED) is 0.493. The van der Waals surface area contributed by atoms with Crippen molar-refractivity contribution in [2.45, 2.75) is 31.6 Å². The molecule has 0 saturated heterocycles. The number of carbonyl (C=O) groups is 1. The van der Waals surface area contributed by atoms with Crippen molar-refractivity contribution in [2.24, 2.45) is 0 Å². The van der Waals surface area contributed by atoms with Crippen LogP contribution in [0.25, 0.3) is 0 Å². The first-order chi connectivity index (χ1) is 14.4. The van der Waals surface area contributed by atoms with Crippen LogP contribution in [0.15, 0.2) is 64.0 Å². The minimum atomic E-state index is -3.81. The Hall–Kier alpha value is -3.33. The van der Waals surface area contributed by atoms with Crippen LogP contribution in [-0.4, -0.2) is 26.1 Å². The second-order valence-electron chi connectivity index (χ2n) is 6.63. The molecule has 30 heavy (non-hydrogen) atoms. The average Bonchev–Trinajstić information content (AvgIpc) is 3.13. The van der Waals surface area contributed by atoms with Gasteiger partial charge in [-0.1, -0.05) is 18.5 Å². The highest BCUT2D eigenvalue weighted by Gasteiger charge is 2.16. The van der Waals surface area contributed by atoms with E-state index in [1.54, 1.807) is 31.2 Å². The lowest BCUT2D eigenvalue weighted by Gasteiger charge is -2.09. The standard InChI is InChI=1S/C21H23N3O5S/c1-3-4-13-28-18-9-5-16(6-10-18)21(25)22-17-7-11-19(12-8-17)30(26,27)24-20-14-15(2)29-23-20/h5-12,14H,3-4,13H2,1-2H3,(H,22,25)(H,23,24). The molecule has 2 N–H and O–H groups in total. The van der Waals surface area contributed by atoms with Crippen molar-refractivity contribution in [1.82, 2.24) is 5.16 Å². The molecule has 0 fully saturated rings. The van der Waals surface area contributed by atoms with E-state index < -0.39 is 10.0 Å². The molecule has 8 nitrogen and oxygen atoms in total. The third-order valence-corrected chi connectivity index (χ3v) is 5.54. The Labute approximate surface area is 175 Å². The molecule has 158 valence electrons. The van der Waals surface area contributed by atoms with E-state index in [0.717, 1.165) is 12.8 Å². The zero-order valence-corrected chi connectivity index (χ0v) is 17.5. The second kappa shape index (κ2) is 9.45. The lowest BCUT2D eigenvalue weighted by Crippen LogP contribution is -2.14. The molecule has 1 heterocycles. The minimum Gasteiger partial charge on any atom is -0.494 e. The summed E-state index contributed by atoms with van der Waals surface area (Å²) in [6.07, 6.45) is 2.03. The first-order valence-corrected chi connectivity index (χ1v) is 11.0. The summed E-state index contributed by atoms with van der Waals surface area (Å²) in [7, 11) is -3.81. The van der Waals surface area contributed by atoms with Crippen LogP contribution in [0.4, 0.5) is 11.5 Å². The molecule has 0 aliphatic carbocycles. The molecule has 1 amide bonds. The summed E-state index contributed by atoms with van der Waals surface area (Å²) >= 11 is 0. The number of nitrogens with zero attached hydrogens (tertiary/aromatic N) is 1. The summed E-state index contributed by atoms with van der Waals surface area (Å²) in [5.74, 6) is 1.00. The number of benzene rings is 2. The smallest absolute Gasteiger partial charge is 0.263 e. The fraction of sp³-hybridized carbons (Fsp3) is 0.238. The Kier molecular flexibility index (Phi) is 6.73. The number of ether oxygens (including phenoxy) is 1. The summed E-state index contributed by atoms with van der Waals surface area (Å²) in [4.78, 5) is 12.4. The molecule has 0 saturated carbocycles. The number of aryl methyl sites for hydroxylation is 1. The van der Waals surface area contributed by atoms with Crippen molar-refractivity contribution in [3.63, 3.8) is 0 Å². The maximum absolute atomic E-state index is 12.4. The number of carbonyl (C=O) groups excluding carboxylic acids is 1. The summed E-state index contributed by atoms with van der Waals surface area (Å²) in [5.41, 5.74) is 0.942. The van der Waals surface area contributed by atoms with E-state index in [1.165, 1.54) is 30.3 Å². The van der Waals surface area contributed by atoms with E-state index in [-0.39, 0.29) is 16.6 Å². The molecular formula is C21H23N3O5S. The number of sulfonamides is 1. The van der Waals surface area contributed by atoms with Gasteiger partial charge in [0.2, 0.25) is 0 Å². The van der Waals surface area contributed by atoms with Crippen molar-refractivity contribution in [1.29, 1.82) is 0 Å². The van der Waals surface area contributed by atoms with E-state index in [0.29, 0.717) is 29.4 Å². The summed E-state index contributed by atoms with van der Waals surface area (Å²) in [5, 5.41) is 6.35. The maximum Gasteiger partial charge on any atom is 0.263 e. The molecule has 0 spiro atoms. The number of unbranched alkanes of at least 4 members (excludes halogenated alkanes) is 1. The Bertz CT molecular complexity index is 1090. The molecule has 3 rings (SSSR count). The van der Waals surface area contributed by atoms with Gasteiger partial charge in [0.15, 0.2) is 5.82 Å². The van der Waals surface area contributed by atoms with Gasteiger partial charge in [0.1, 0.15) is 11.5 Å². The van der Waals surface area contributed by atoms with Crippen LogP contribution in [0.1, 0.15) is 35.9 Å². The molecule has 0 aliphatic heterocycles. The molecule has 0 unspecified atom stereocenters. The van der Waals surface area contributed by atoms with E-state index in [4.69, 9.17) is 9.26 Å². The summed E-state index contributed by atoms with van der Waals surface area (Å²) in [6, 6.07) is 14.2. The van der Waals surface area contributed by atoms with Gasteiger partial charge in [0, 0.05) is 17.3 Å². The zero-order valence-electron chi connectivity index (χ0n) is 16.7. The fourth-order valence-corrected chi connectivity index (χ4v) is 3.55. The first kappa shape index (κ1) is 21.4. The van der Waals surface area contributed by atoms with Gasteiger partial charge in [-0.3, -0.25) is 9.52 Å². The van der Waals surface area contributed by atoms with Gasteiger partial charge in [-0.05, 0) is 61.9 Å². The third-order valence-electron chi connectivity index (χ3n) is 4.17. The SMILES string of the molecule is CCCCOc1ccc(C(=O)Nc2ccc(S(=O)(=O)Nc3cc(C)on3)cc2)cc1. The van der Waals surface area contributed by atoms with E-state index in [2.05, 4.69) is 22.1 Å². The number of rotatable bonds is 9. The second-order valence-corrected chi connectivity index (χ2v) is 8.32. The van der Waals surface area contributed by atoms with Crippen LogP contribution in [-0.2, 0) is 10.0 Å². The van der Waals surface area contributed by atoms with Gasteiger partial charge < -0.3 is 14.6 Å². The Morgan fingerprint density at radius 2 is 1.80 bits per heavy atom. The molecule has 3 aromatic rings. The van der Waals surface area contributed by atoms with E-state index >= 15 is 0 Å². The molecule has 2 aromatic carbocycles. The van der Waals surface area contributed by atoms with Gasteiger partial charge in [0.05, 0.1) is 11.5 Å². The number of anilines is 2. The van der Waals surface area contributed by atoms with Crippen molar-refractivity contribution < 1.29 is 22.5 Å². The normalized spacial score (nSPS) is 11.1. The molecule has 9 heteroatoms. The maximum atomic E-state index is 12.4. The summed E-state index contributed by atoms with van der Waals surface area (Å²) in [6.45, 7) is 4.39. The monoisotopic (exact) mass is 429 g/mol. The van der Waals surface area contributed by atoms with Crippen molar-refractivity contribution in [3.8, 4) is 5.75 Å². The van der Waals surface area contributed by atoms with Crippen molar-refractivity contribution >= 4 is 27.4 Å². The topological polar surface area (TPSA) is 111 Å². The lowest BCUT2D eigenvalue weighted by atomic mass is 10.2. The molecular weight excluding hydrogens is 406 g/mol. The number of amides is 1. The van der Waals surface area contributed by atoms with Crippen LogP contribution in [0, 0.1) is 6.92 Å². The van der Waals surface area contributed by atoms with Gasteiger partial charge in [0.25, 0.3) is 15.9 Å². The van der Waals surface area contributed by atoms with Crippen LogP contribution in [0.2, 0.25) is 0 Å². The van der Waals surface area contributed by atoms with Crippen molar-refractivity contribution in [3.05, 3.63) is 65.9 Å². The first-order valence-electron chi connectivity index (χ1n) is 9.48. The van der Waals surface area contributed by atoms with Crippen molar-refractivity contribution in [2.75, 3.05) is 16.6 Å².